The molecular weight excluding hydrogens is 279 g/mol. The molecule has 0 unspecified atom stereocenters. The molecule has 4 heteroatoms. The molecule has 0 heterocycles. The predicted octanol–water partition coefficient (Wildman–Crippen LogP) is 3.32. The minimum absolute atomic E-state index is 0.0475. The average Bonchev–Trinajstić information content (AvgIpc) is 1.85. The summed E-state index contributed by atoms with van der Waals surface area (Å²) in [5.41, 5.74) is 0.0475. The van der Waals surface area contributed by atoms with Crippen molar-refractivity contribution in [3.63, 3.8) is 0 Å². The van der Waals surface area contributed by atoms with Crippen molar-refractivity contribution in [3.05, 3.63) is 32.7 Å². The molecule has 0 spiro atoms. The number of hydrogen-bond donors (Lipinski definition) is 0. The summed E-state index contributed by atoms with van der Waals surface area (Å²) in [7, 11) is 0. The monoisotopic (exact) mass is 280 g/mol. The van der Waals surface area contributed by atoms with Gasteiger partial charge in [-0.1, -0.05) is 31.9 Å². The van der Waals surface area contributed by atoms with E-state index in [0.29, 0.717) is 8.95 Å². The fourth-order valence-electron chi connectivity index (χ4n) is 0.667. The van der Waals surface area contributed by atoms with E-state index in [4.69, 9.17) is 0 Å². The Labute approximate surface area is 79.9 Å². The van der Waals surface area contributed by atoms with Crippen LogP contribution in [0.4, 0.5) is 4.39 Å². The summed E-state index contributed by atoms with van der Waals surface area (Å²) in [5, 5.41) is 0. The first-order chi connectivity index (χ1) is 5.09. The van der Waals surface area contributed by atoms with E-state index in [2.05, 4.69) is 31.9 Å². The van der Waals surface area contributed by atoms with Gasteiger partial charge in [0.15, 0.2) is 0 Å². The van der Waals surface area contributed by atoms with E-state index in [1.54, 1.807) is 6.07 Å². The van der Waals surface area contributed by atoms with Crippen molar-refractivity contribution >= 4 is 37.9 Å². The van der Waals surface area contributed by atoms with E-state index in [9.17, 15) is 9.18 Å². The second-order valence-corrected chi connectivity index (χ2v) is 3.76. The van der Waals surface area contributed by atoms with Gasteiger partial charge in [-0.15, -0.1) is 0 Å². The van der Waals surface area contributed by atoms with E-state index in [1.807, 2.05) is 0 Å². The zero-order valence-corrected chi connectivity index (χ0v) is 8.45. The maximum absolute atomic E-state index is 12.1. The van der Waals surface area contributed by atoms with E-state index >= 15 is 0 Å². The number of benzene rings is 1. The van der Waals surface area contributed by atoms with E-state index in [1.165, 1.54) is 12.1 Å². The lowest BCUT2D eigenvalue weighted by molar-refractivity contribution is 0.0836. The van der Waals surface area contributed by atoms with Crippen LogP contribution in [0.3, 0.4) is 0 Å². The van der Waals surface area contributed by atoms with Gasteiger partial charge in [-0.25, -0.2) is 0 Å². The molecule has 0 bridgehead atoms. The third kappa shape index (κ3) is 2.38. The minimum atomic E-state index is -1.42. The summed E-state index contributed by atoms with van der Waals surface area (Å²) in [6, 6.07) is 3.15. The molecule has 1 aromatic rings. The van der Waals surface area contributed by atoms with Gasteiger partial charge in [0.1, 0.15) is 0 Å². The standard InChI is InChI=1S/C7H3Br2FO/c8-5-1-4(7(10)11)2-6(9)3-5/h1-3H. The molecule has 0 saturated heterocycles. The second kappa shape index (κ2) is 3.45. The van der Waals surface area contributed by atoms with Gasteiger partial charge in [0.05, 0.1) is 5.56 Å². The zero-order chi connectivity index (χ0) is 8.43. The Balaban J connectivity index is 3.19. The number of carbonyl (C=O) groups is 1. The van der Waals surface area contributed by atoms with Crippen molar-refractivity contribution in [2.45, 2.75) is 0 Å². The molecular formula is C7H3Br2FO. The molecule has 11 heavy (non-hydrogen) atoms. The lowest BCUT2D eigenvalue weighted by Crippen LogP contribution is -1.88. The fourth-order valence-corrected chi connectivity index (χ4v) is 1.96. The summed E-state index contributed by atoms with van der Waals surface area (Å²) in [6.45, 7) is 0. The Hall–Kier alpha value is -0.220. The summed E-state index contributed by atoms with van der Waals surface area (Å²) in [6.07, 6.45) is 0. The molecule has 1 aromatic carbocycles. The fraction of sp³-hybridized carbons (Fsp3) is 0. The molecule has 0 aliphatic carbocycles. The molecule has 1 rings (SSSR count). The molecule has 0 radical (unpaired) electrons. The Kier molecular flexibility index (Phi) is 2.78. The van der Waals surface area contributed by atoms with Gasteiger partial charge in [-0.3, -0.25) is 4.79 Å². The zero-order valence-electron chi connectivity index (χ0n) is 5.27. The minimum Gasteiger partial charge on any atom is -0.255 e. The molecule has 0 atom stereocenters. The molecule has 1 nitrogen and oxygen atoms in total. The molecule has 0 N–H and O–H groups in total. The smallest absolute Gasteiger partial charge is 0.255 e. The maximum atomic E-state index is 12.1. The van der Waals surface area contributed by atoms with Gasteiger partial charge in [0.25, 0.3) is 0 Å². The van der Waals surface area contributed by atoms with Crippen LogP contribution in [-0.2, 0) is 0 Å². The van der Waals surface area contributed by atoms with Gasteiger partial charge < -0.3 is 0 Å². The molecule has 58 valence electrons. The normalized spacial score (nSPS) is 9.73. The van der Waals surface area contributed by atoms with Crippen LogP contribution < -0.4 is 0 Å². The molecule has 0 aromatic heterocycles. The number of carbonyl (C=O) groups excluding carboxylic acids is 1. The quantitative estimate of drug-likeness (QED) is 0.722. The van der Waals surface area contributed by atoms with E-state index < -0.39 is 6.04 Å². The van der Waals surface area contributed by atoms with Gasteiger partial charge >= 0.3 is 6.04 Å². The van der Waals surface area contributed by atoms with Gasteiger partial charge in [-0.05, 0) is 18.2 Å². The third-order valence-corrected chi connectivity index (χ3v) is 2.01. The van der Waals surface area contributed by atoms with Gasteiger partial charge in [-0.2, -0.15) is 4.39 Å². The van der Waals surface area contributed by atoms with E-state index in [-0.39, 0.29) is 5.56 Å². The van der Waals surface area contributed by atoms with Crippen molar-refractivity contribution < 1.29 is 9.18 Å². The van der Waals surface area contributed by atoms with Crippen LogP contribution in [0.1, 0.15) is 10.4 Å². The van der Waals surface area contributed by atoms with Crippen molar-refractivity contribution in [1.82, 2.24) is 0 Å². The lowest BCUT2D eigenvalue weighted by Gasteiger charge is -1.95. The first-order valence-electron chi connectivity index (χ1n) is 2.75. The van der Waals surface area contributed by atoms with Crippen molar-refractivity contribution in [3.8, 4) is 0 Å². The van der Waals surface area contributed by atoms with Crippen LogP contribution in [-0.4, -0.2) is 6.04 Å². The highest BCUT2D eigenvalue weighted by Gasteiger charge is 2.04. The van der Waals surface area contributed by atoms with Gasteiger partial charge in [0, 0.05) is 8.95 Å². The highest BCUT2D eigenvalue weighted by Crippen LogP contribution is 2.20. The predicted molar refractivity (Wildman–Crippen MR) is 47.3 cm³/mol. The summed E-state index contributed by atoms with van der Waals surface area (Å²) in [4.78, 5) is 10.2. The topological polar surface area (TPSA) is 17.1 Å². The third-order valence-electron chi connectivity index (χ3n) is 1.09. The molecule has 0 fully saturated rings. The molecule has 0 aliphatic heterocycles. The second-order valence-electron chi connectivity index (χ2n) is 1.93. The largest absolute Gasteiger partial charge is 0.332 e. The van der Waals surface area contributed by atoms with Crippen molar-refractivity contribution in [2.75, 3.05) is 0 Å². The Morgan fingerprint density at radius 3 is 2.00 bits per heavy atom. The van der Waals surface area contributed by atoms with Crippen LogP contribution in [0.5, 0.6) is 0 Å². The molecule has 0 saturated carbocycles. The summed E-state index contributed by atoms with van der Waals surface area (Å²) >= 11 is 6.26. The SMILES string of the molecule is O=C(F)c1cc(Br)cc(Br)c1. The number of rotatable bonds is 1. The Morgan fingerprint density at radius 2 is 1.64 bits per heavy atom. The van der Waals surface area contributed by atoms with Crippen molar-refractivity contribution in [1.29, 1.82) is 0 Å². The lowest BCUT2D eigenvalue weighted by atomic mass is 10.2. The highest BCUT2D eigenvalue weighted by molar-refractivity contribution is 9.11. The van der Waals surface area contributed by atoms with Crippen LogP contribution in [0.25, 0.3) is 0 Å². The first kappa shape index (κ1) is 8.87. The molecule has 0 aliphatic rings. The maximum Gasteiger partial charge on any atom is 0.332 e. The van der Waals surface area contributed by atoms with Crippen LogP contribution in [0, 0.1) is 0 Å². The van der Waals surface area contributed by atoms with Crippen LogP contribution >= 0.6 is 31.9 Å². The highest BCUT2D eigenvalue weighted by atomic mass is 79.9. The first-order valence-corrected chi connectivity index (χ1v) is 4.34. The Morgan fingerprint density at radius 1 is 1.18 bits per heavy atom. The van der Waals surface area contributed by atoms with E-state index in [0.717, 1.165) is 0 Å². The van der Waals surface area contributed by atoms with Crippen molar-refractivity contribution in [2.24, 2.45) is 0 Å². The summed E-state index contributed by atoms with van der Waals surface area (Å²) < 4.78 is 13.5. The Bertz CT molecular complexity index is 278. The van der Waals surface area contributed by atoms with Gasteiger partial charge in [0.2, 0.25) is 0 Å². The number of halogens is 3. The summed E-state index contributed by atoms with van der Waals surface area (Å²) in [5.74, 6) is 0. The van der Waals surface area contributed by atoms with Crippen LogP contribution in [0.15, 0.2) is 27.1 Å². The average molecular weight is 282 g/mol. The van der Waals surface area contributed by atoms with Crippen LogP contribution in [0.2, 0.25) is 0 Å². The molecule has 0 amide bonds. The number of hydrogen-bond acceptors (Lipinski definition) is 1.